The number of amides is 1. The third kappa shape index (κ3) is 9.09. The molecule has 0 aliphatic carbocycles. The van der Waals surface area contributed by atoms with E-state index < -0.39 is 0 Å². The van der Waals surface area contributed by atoms with Crippen molar-refractivity contribution >= 4 is 5.91 Å². The fourth-order valence-corrected chi connectivity index (χ4v) is 1.46. The molecule has 1 unspecified atom stereocenters. The SMILES string of the molecule is CCOC(CN)CN(C)CC(=O)NCC(C)C. The molecule has 5 heteroatoms. The Bertz CT molecular complexity index is 210. The zero-order chi connectivity index (χ0) is 13.3. The summed E-state index contributed by atoms with van der Waals surface area (Å²) in [5.41, 5.74) is 5.58. The molecule has 17 heavy (non-hydrogen) atoms. The van der Waals surface area contributed by atoms with Gasteiger partial charge in [-0.15, -0.1) is 0 Å². The van der Waals surface area contributed by atoms with E-state index in [2.05, 4.69) is 19.2 Å². The normalized spacial score (nSPS) is 13.1. The van der Waals surface area contributed by atoms with Gasteiger partial charge in [0, 0.05) is 26.2 Å². The van der Waals surface area contributed by atoms with Crippen molar-refractivity contribution in [1.29, 1.82) is 0 Å². The predicted molar refractivity (Wildman–Crippen MR) is 69.8 cm³/mol. The number of nitrogens with zero attached hydrogens (tertiary/aromatic N) is 1. The van der Waals surface area contributed by atoms with Crippen LogP contribution >= 0.6 is 0 Å². The monoisotopic (exact) mass is 245 g/mol. The highest BCUT2D eigenvalue weighted by molar-refractivity contribution is 5.77. The number of hydrogen-bond acceptors (Lipinski definition) is 4. The van der Waals surface area contributed by atoms with Gasteiger partial charge in [0.25, 0.3) is 0 Å². The molecule has 0 spiro atoms. The summed E-state index contributed by atoms with van der Waals surface area (Å²) in [6.07, 6.45) is 0.00268. The van der Waals surface area contributed by atoms with Crippen LogP contribution in [0.4, 0.5) is 0 Å². The summed E-state index contributed by atoms with van der Waals surface area (Å²) in [5, 5.41) is 2.88. The Morgan fingerprint density at radius 2 is 2.12 bits per heavy atom. The molecular formula is C12H27N3O2. The minimum absolute atomic E-state index is 0.00268. The quantitative estimate of drug-likeness (QED) is 0.602. The van der Waals surface area contributed by atoms with Crippen molar-refractivity contribution in [3.8, 4) is 0 Å². The summed E-state index contributed by atoms with van der Waals surface area (Å²) < 4.78 is 5.44. The summed E-state index contributed by atoms with van der Waals surface area (Å²) in [4.78, 5) is 13.5. The summed E-state index contributed by atoms with van der Waals surface area (Å²) in [5.74, 6) is 0.526. The van der Waals surface area contributed by atoms with Crippen LogP contribution in [0.2, 0.25) is 0 Å². The van der Waals surface area contributed by atoms with E-state index in [0.29, 0.717) is 32.2 Å². The van der Waals surface area contributed by atoms with Gasteiger partial charge in [0.2, 0.25) is 5.91 Å². The third-order valence-corrected chi connectivity index (χ3v) is 2.30. The van der Waals surface area contributed by atoms with E-state index in [1.54, 1.807) is 0 Å². The van der Waals surface area contributed by atoms with Gasteiger partial charge >= 0.3 is 0 Å². The average Bonchev–Trinajstić information content (AvgIpc) is 2.25. The molecule has 0 saturated heterocycles. The molecule has 3 N–H and O–H groups in total. The maximum Gasteiger partial charge on any atom is 0.234 e. The molecule has 1 atom stereocenters. The molecule has 0 rings (SSSR count). The Morgan fingerprint density at radius 1 is 1.47 bits per heavy atom. The van der Waals surface area contributed by atoms with Gasteiger partial charge in [0.1, 0.15) is 0 Å². The lowest BCUT2D eigenvalue weighted by Crippen LogP contribution is -2.42. The summed E-state index contributed by atoms with van der Waals surface area (Å²) in [7, 11) is 1.90. The first-order valence-corrected chi connectivity index (χ1v) is 6.26. The number of nitrogens with one attached hydrogen (secondary N) is 1. The van der Waals surface area contributed by atoms with Gasteiger partial charge in [0.05, 0.1) is 12.6 Å². The molecule has 0 fully saturated rings. The van der Waals surface area contributed by atoms with Crippen molar-refractivity contribution in [3.05, 3.63) is 0 Å². The van der Waals surface area contributed by atoms with Gasteiger partial charge in [-0.1, -0.05) is 13.8 Å². The first kappa shape index (κ1) is 16.4. The number of carbonyl (C=O) groups excluding carboxylic acids is 1. The van der Waals surface area contributed by atoms with Crippen molar-refractivity contribution in [2.24, 2.45) is 11.7 Å². The van der Waals surface area contributed by atoms with Crippen LogP contribution in [-0.4, -0.2) is 56.7 Å². The van der Waals surface area contributed by atoms with Crippen molar-refractivity contribution < 1.29 is 9.53 Å². The highest BCUT2D eigenvalue weighted by atomic mass is 16.5. The van der Waals surface area contributed by atoms with E-state index in [1.165, 1.54) is 0 Å². The number of carbonyl (C=O) groups is 1. The lowest BCUT2D eigenvalue weighted by molar-refractivity contribution is -0.122. The van der Waals surface area contributed by atoms with Crippen molar-refractivity contribution in [2.75, 3.05) is 39.8 Å². The molecule has 0 aliphatic heterocycles. The Labute approximate surface area is 105 Å². The smallest absolute Gasteiger partial charge is 0.234 e. The second-order valence-corrected chi connectivity index (χ2v) is 4.71. The molecule has 5 nitrogen and oxygen atoms in total. The van der Waals surface area contributed by atoms with Crippen LogP contribution in [0.25, 0.3) is 0 Å². The summed E-state index contributed by atoms with van der Waals surface area (Å²) in [6, 6.07) is 0. The lowest BCUT2D eigenvalue weighted by Gasteiger charge is -2.22. The highest BCUT2D eigenvalue weighted by Gasteiger charge is 2.12. The zero-order valence-corrected chi connectivity index (χ0v) is 11.5. The van der Waals surface area contributed by atoms with Crippen LogP contribution < -0.4 is 11.1 Å². The van der Waals surface area contributed by atoms with Crippen molar-refractivity contribution in [1.82, 2.24) is 10.2 Å². The third-order valence-electron chi connectivity index (χ3n) is 2.30. The topological polar surface area (TPSA) is 67.6 Å². The molecule has 0 aromatic rings. The maximum absolute atomic E-state index is 11.6. The summed E-state index contributed by atoms with van der Waals surface area (Å²) in [6.45, 7) is 9.00. The minimum Gasteiger partial charge on any atom is -0.376 e. The van der Waals surface area contributed by atoms with Crippen molar-refractivity contribution in [3.63, 3.8) is 0 Å². The number of rotatable bonds is 9. The lowest BCUT2D eigenvalue weighted by atomic mass is 10.2. The first-order valence-electron chi connectivity index (χ1n) is 6.26. The largest absolute Gasteiger partial charge is 0.376 e. The number of ether oxygens (including phenoxy) is 1. The summed E-state index contributed by atoms with van der Waals surface area (Å²) >= 11 is 0. The predicted octanol–water partition coefficient (Wildman–Crippen LogP) is 0.0542. The Kier molecular flexibility index (Phi) is 9.03. The molecule has 0 heterocycles. The van der Waals surface area contributed by atoms with Gasteiger partial charge in [-0.05, 0) is 19.9 Å². The van der Waals surface area contributed by atoms with E-state index in [4.69, 9.17) is 10.5 Å². The molecule has 0 aromatic carbocycles. The molecule has 102 valence electrons. The standard InChI is InChI=1S/C12H27N3O2/c1-5-17-11(6-13)8-15(4)9-12(16)14-7-10(2)3/h10-11H,5-9,13H2,1-4H3,(H,14,16). The molecule has 0 aliphatic rings. The van der Waals surface area contributed by atoms with Crippen LogP contribution in [-0.2, 0) is 9.53 Å². The van der Waals surface area contributed by atoms with Gasteiger partial charge < -0.3 is 15.8 Å². The van der Waals surface area contributed by atoms with Crippen LogP contribution in [0, 0.1) is 5.92 Å². The van der Waals surface area contributed by atoms with Crippen LogP contribution in [0.15, 0.2) is 0 Å². The van der Waals surface area contributed by atoms with Gasteiger partial charge in [0.15, 0.2) is 0 Å². The highest BCUT2D eigenvalue weighted by Crippen LogP contribution is 1.94. The van der Waals surface area contributed by atoms with E-state index in [0.717, 1.165) is 6.54 Å². The van der Waals surface area contributed by atoms with Crippen LogP contribution in [0.3, 0.4) is 0 Å². The number of hydrogen-bond donors (Lipinski definition) is 2. The van der Waals surface area contributed by atoms with Crippen molar-refractivity contribution in [2.45, 2.75) is 26.9 Å². The zero-order valence-electron chi connectivity index (χ0n) is 11.5. The van der Waals surface area contributed by atoms with Gasteiger partial charge in [-0.3, -0.25) is 9.69 Å². The molecule has 0 saturated carbocycles. The molecular weight excluding hydrogens is 218 g/mol. The average molecular weight is 245 g/mol. The van der Waals surface area contributed by atoms with E-state index in [1.807, 2.05) is 18.9 Å². The van der Waals surface area contributed by atoms with E-state index in [-0.39, 0.29) is 12.0 Å². The Morgan fingerprint density at radius 3 is 2.59 bits per heavy atom. The minimum atomic E-state index is 0.00268. The van der Waals surface area contributed by atoms with Gasteiger partial charge in [-0.2, -0.15) is 0 Å². The van der Waals surface area contributed by atoms with E-state index >= 15 is 0 Å². The Balaban J connectivity index is 3.82. The van der Waals surface area contributed by atoms with Crippen LogP contribution in [0.5, 0.6) is 0 Å². The molecule has 0 radical (unpaired) electrons. The fraction of sp³-hybridized carbons (Fsp3) is 0.917. The number of nitrogens with two attached hydrogens (primary N) is 1. The molecule has 0 bridgehead atoms. The second kappa shape index (κ2) is 9.39. The second-order valence-electron chi connectivity index (χ2n) is 4.71. The fourth-order valence-electron chi connectivity index (χ4n) is 1.46. The van der Waals surface area contributed by atoms with E-state index in [9.17, 15) is 4.79 Å². The van der Waals surface area contributed by atoms with Gasteiger partial charge in [-0.25, -0.2) is 0 Å². The first-order chi connectivity index (χ1) is 7.99. The Hall–Kier alpha value is -0.650. The maximum atomic E-state index is 11.6. The molecule has 1 amide bonds. The molecule has 0 aromatic heterocycles. The van der Waals surface area contributed by atoms with Crippen LogP contribution in [0.1, 0.15) is 20.8 Å². The number of likely N-dealkylation sites (N-methyl/N-ethyl adjacent to an activating group) is 1.